The van der Waals surface area contributed by atoms with Gasteiger partial charge in [0.25, 0.3) is 0 Å². The van der Waals surface area contributed by atoms with E-state index in [0.29, 0.717) is 5.56 Å². The molecule has 4 nitrogen and oxygen atoms in total. The van der Waals surface area contributed by atoms with Crippen molar-refractivity contribution in [2.24, 2.45) is 0 Å². The van der Waals surface area contributed by atoms with Crippen LogP contribution in [0.15, 0.2) is 25.0 Å². The second kappa shape index (κ2) is 3.82. The van der Waals surface area contributed by atoms with Crippen LogP contribution in [-0.4, -0.2) is 22.2 Å². The highest BCUT2D eigenvalue weighted by molar-refractivity contribution is 5.14. The predicted molar refractivity (Wildman–Crippen MR) is 43.7 cm³/mol. The molecule has 0 radical (unpaired) electrons. The molecular weight excluding hydrogens is 156 g/mol. The molecule has 1 rings (SSSR count). The molecule has 0 aliphatic heterocycles. The Balaban J connectivity index is 2.84. The SMILES string of the molecule is C=CC(O)c1cnc(OC)nc1. The van der Waals surface area contributed by atoms with Crippen LogP contribution in [0.2, 0.25) is 0 Å². The van der Waals surface area contributed by atoms with Gasteiger partial charge in [-0.2, -0.15) is 0 Å². The normalized spacial score (nSPS) is 12.2. The lowest BCUT2D eigenvalue weighted by Crippen LogP contribution is -1.97. The van der Waals surface area contributed by atoms with Crippen molar-refractivity contribution in [1.29, 1.82) is 0 Å². The average molecular weight is 166 g/mol. The van der Waals surface area contributed by atoms with Gasteiger partial charge in [-0.1, -0.05) is 6.08 Å². The summed E-state index contributed by atoms with van der Waals surface area (Å²) in [4.78, 5) is 7.65. The number of rotatable bonds is 3. The van der Waals surface area contributed by atoms with E-state index < -0.39 is 6.10 Å². The summed E-state index contributed by atoms with van der Waals surface area (Å²) in [6.45, 7) is 3.44. The van der Waals surface area contributed by atoms with Gasteiger partial charge in [0.1, 0.15) is 0 Å². The van der Waals surface area contributed by atoms with E-state index in [1.54, 1.807) is 0 Å². The number of ether oxygens (including phenoxy) is 1. The van der Waals surface area contributed by atoms with E-state index in [9.17, 15) is 5.11 Å². The van der Waals surface area contributed by atoms with Gasteiger partial charge in [-0.3, -0.25) is 0 Å². The van der Waals surface area contributed by atoms with E-state index in [2.05, 4.69) is 16.5 Å². The van der Waals surface area contributed by atoms with Crippen molar-refractivity contribution >= 4 is 0 Å². The van der Waals surface area contributed by atoms with Gasteiger partial charge in [0, 0.05) is 18.0 Å². The zero-order valence-corrected chi connectivity index (χ0v) is 6.77. The minimum atomic E-state index is -0.712. The third-order valence-corrected chi connectivity index (χ3v) is 1.40. The number of aromatic nitrogens is 2. The first-order valence-corrected chi connectivity index (χ1v) is 3.44. The van der Waals surface area contributed by atoms with Gasteiger partial charge in [-0.05, 0) is 0 Å². The summed E-state index contributed by atoms with van der Waals surface area (Å²) in [5.74, 6) is 0. The zero-order chi connectivity index (χ0) is 8.97. The molecule has 4 heteroatoms. The summed E-state index contributed by atoms with van der Waals surface area (Å²) < 4.78 is 4.75. The Labute approximate surface area is 70.5 Å². The van der Waals surface area contributed by atoms with Crippen LogP contribution >= 0.6 is 0 Å². The lowest BCUT2D eigenvalue weighted by Gasteiger charge is -2.03. The van der Waals surface area contributed by atoms with E-state index in [0.717, 1.165) is 0 Å². The standard InChI is InChI=1S/C8H10N2O2/c1-3-7(11)6-4-9-8(12-2)10-5-6/h3-5,7,11H,1H2,2H3. The van der Waals surface area contributed by atoms with E-state index in [-0.39, 0.29) is 6.01 Å². The van der Waals surface area contributed by atoms with Gasteiger partial charge in [0.15, 0.2) is 0 Å². The molecule has 0 saturated heterocycles. The van der Waals surface area contributed by atoms with Gasteiger partial charge < -0.3 is 9.84 Å². The molecule has 1 aromatic rings. The molecule has 0 aromatic carbocycles. The van der Waals surface area contributed by atoms with Crippen molar-refractivity contribution < 1.29 is 9.84 Å². The Bertz CT molecular complexity index is 258. The van der Waals surface area contributed by atoms with Crippen LogP contribution in [0.5, 0.6) is 6.01 Å². The molecule has 0 saturated carbocycles. The van der Waals surface area contributed by atoms with Gasteiger partial charge in [0.05, 0.1) is 13.2 Å². The highest BCUT2D eigenvalue weighted by Crippen LogP contribution is 2.11. The van der Waals surface area contributed by atoms with Crippen molar-refractivity contribution in [2.75, 3.05) is 7.11 Å². The second-order valence-electron chi connectivity index (χ2n) is 2.18. The van der Waals surface area contributed by atoms with Crippen LogP contribution in [0.3, 0.4) is 0 Å². The van der Waals surface area contributed by atoms with Crippen LogP contribution in [0.25, 0.3) is 0 Å². The van der Waals surface area contributed by atoms with Gasteiger partial charge in [-0.25, -0.2) is 9.97 Å². The molecule has 0 bridgehead atoms. The number of nitrogens with zero attached hydrogens (tertiary/aromatic N) is 2. The van der Waals surface area contributed by atoms with Crippen LogP contribution in [0, 0.1) is 0 Å². The fourth-order valence-electron chi connectivity index (χ4n) is 0.720. The first-order chi connectivity index (χ1) is 5.77. The van der Waals surface area contributed by atoms with E-state index in [1.807, 2.05) is 0 Å². The third kappa shape index (κ3) is 1.79. The molecule has 1 atom stereocenters. The van der Waals surface area contributed by atoms with Crippen LogP contribution in [0.4, 0.5) is 0 Å². The maximum Gasteiger partial charge on any atom is 0.316 e. The minimum Gasteiger partial charge on any atom is -0.467 e. The Morgan fingerprint density at radius 1 is 1.58 bits per heavy atom. The first-order valence-electron chi connectivity index (χ1n) is 3.44. The number of methoxy groups -OCH3 is 1. The zero-order valence-electron chi connectivity index (χ0n) is 6.77. The fourth-order valence-corrected chi connectivity index (χ4v) is 0.720. The van der Waals surface area contributed by atoms with E-state index in [1.165, 1.54) is 25.6 Å². The molecule has 0 aliphatic rings. The molecule has 0 aliphatic carbocycles. The second-order valence-corrected chi connectivity index (χ2v) is 2.18. The van der Waals surface area contributed by atoms with Crippen LogP contribution in [-0.2, 0) is 0 Å². The molecule has 1 heterocycles. The molecule has 12 heavy (non-hydrogen) atoms. The van der Waals surface area contributed by atoms with E-state index in [4.69, 9.17) is 4.74 Å². The largest absolute Gasteiger partial charge is 0.467 e. The van der Waals surface area contributed by atoms with Crippen molar-refractivity contribution in [1.82, 2.24) is 9.97 Å². The summed E-state index contributed by atoms with van der Waals surface area (Å²) >= 11 is 0. The lowest BCUT2D eigenvalue weighted by atomic mass is 10.2. The van der Waals surface area contributed by atoms with Gasteiger partial charge >= 0.3 is 6.01 Å². The molecule has 0 amide bonds. The smallest absolute Gasteiger partial charge is 0.316 e. The van der Waals surface area contributed by atoms with Crippen LogP contribution < -0.4 is 4.74 Å². The number of aliphatic hydroxyl groups is 1. The summed E-state index contributed by atoms with van der Waals surface area (Å²) in [7, 11) is 1.49. The topological polar surface area (TPSA) is 55.2 Å². The lowest BCUT2D eigenvalue weighted by molar-refractivity contribution is 0.227. The summed E-state index contributed by atoms with van der Waals surface area (Å²) in [5.41, 5.74) is 0.603. The van der Waals surface area contributed by atoms with Crippen LogP contribution in [0.1, 0.15) is 11.7 Å². The highest BCUT2D eigenvalue weighted by atomic mass is 16.5. The third-order valence-electron chi connectivity index (χ3n) is 1.40. The first kappa shape index (κ1) is 8.67. The molecule has 0 spiro atoms. The molecular formula is C8H10N2O2. The van der Waals surface area contributed by atoms with E-state index >= 15 is 0 Å². The van der Waals surface area contributed by atoms with Gasteiger partial charge in [0.2, 0.25) is 0 Å². The number of hydrogen-bond acceptors (Lipinski definition) is 4. The predicted octanol–water partition coefficient (Wildman–Crippen LogP) is 0.705. The van der Waals surface area contributed by atoms with Gasteiger partial charge in [-0.15, -0.1) is 6.58 Å². The molecule has 64 valence electrons. The molecule has 1 N–H and O–H groups in total. The maximum atomic E-state index is 9.25. The monoisotopic (exact) mass is 166 g/mol. The molecule has 0 fully saturated rings. The Kier molecular flexibility index (Phi) is 2.76. The molecule has 1 unspecified atom stereocenters. The Morgan fingerprint density at radius 3 is 2.58 bits per heavy atom. The number of aliphatic hydroxyl groups excluding tert-OH is 1. The summed E-state index contributed by atoms with van der Waals surface area (Å²) in [5, 5.41) is 9.25. The van der Waals surface area contributed by atoms with Crippen molar-refractivity contribution in [3.63, 3.8) is 0 Å². The molecule has 1 aromatic heterocycles. The Hall–Kier alpha value is -1.42. The fraction of sp³-hybridized carbons (Fsp3) is 0.250. The summed E-state index contributed by atoms with van der Waals surface area (Å²) in [6.07, 6.45) is 3.69. The maximum absolute atomic E-state index is 9.25. The summed E-state index contributed by atoms with van der Waals surface area (Å²) in [6, 6.07) is 0.287. The van der Waals surface area contributed by atoms with Crippen molar-refractivity contribution in [3.8, 4) is 6.01 Å². The van der Waals surface area contributed by atoms with Crippen molar-refractivity contribution in [2.45, 2.75) is 6.10 Å². The quantitative estimate of drug-likeness (QED) is 0.672. The average Bonchev–Trinajstić information content (AvgIpc) is 2.17. The Morgan fingerprint density at radius 2 is 2.17 bits per heavy atom. The minimum absolute atomic E-state index is 0.287. The highest BCUT2D eigenvalue weighted by Gasteiger charge is 2.03. The number of hydrogen-bond donors (Lipinski definition) is 1. The van der Waals surface area contributed by atoms with Crippen molar-refractivity contribution in [3.05, 3.63) is 30.6 Å².